The highest BCUT2D eigenvalue weighted by Crippen LogP contribution is 2.28. The largest absolute Gasteiger partial charge is 0.481 e. The van der Waals surface area contributed by atoms with Crippen LogP contribution in [-0.4, -0.2) is 25.8 Å². The van der Waals surface area contributed by atoms with Crippen LogP contribution in [0, 0.1) is 5.82 Å². The zero-order valence-electron chi connectivity index (χ0n) is 19.5. The van der Waals surface area contributed by atoms with Crippen molar-refractivity contribution in [3.63, 3.8) is 0 Å². The standard InChI is InChI=1S/C28H21BrFN3O4/c29-19-8-5-17(6-9-19)25-16-23(32-37-25)18-7-14-22-24(15-18)31-26(3-1-2-4-27(34)35)33(28(22)36)21-12-10-20(30)11-13-21/h5-16H,1-4H2,(H,34,35). The summed E-state index contributed by atoms with van der Waals surface area (Å²) in [5.74, 6) is -0.195. The number of rotatable bonds is 8. The molecule has 0 radical (unpaired) electrons. The molecule has 7 nitrogen and oxygen atoms in total. The Morgan fingerprint density at radius 1 is 0.973 bits per heavy atom. The van der Waals surface area contributed by atoms with Gasteiger partial charge < -0.3 is 9.63 Å². The van der Waals surface area contributed by atoms with E-state index >= 15 is 0 Å². The number of unbranched alkanes of at least 4 members (excludes halogenated alkanes) is 1. The number of benzene rings is 3. The molecule has 0 saturated carbocycles. The number of aliphatic carboxylic acids is 1. The second-order valence-electron chi connectivity index (χ2n) is 8.56. The average Bonchev–Trinajstić information content (AvgIpc) is 3.38. The molecule has 3 aromatic carbocycles. The first-order valence-corrected chi connectivity index (χ1v) is 12.4. The van der Waals surface area contributed by atoms with E-state index in [1.807, 2.05) is 30.3 Å². The molecule has 0 saturated heterocycles. The summed E-state index contributed by atoms with van der Waals surface area (Å²) < 4.78 is 21.5. The van der Waals surface area contributed by atoms with Crippen LogP contribution in [0.3, 0.4) is 0 Å². The first-order chi connectivity index (χ1) is 17.9. The Hall–Kier alpha value is -4.11. The maximum Gasteiger partial charge on any atom is 0.303 e. The number of aromatic nitrogens is 3. The Morgan fingerprint density at radius 2 is 1.70 bits per heavy atom. The molecule has 0 unspecified atom stereocenters. The van der Waals surface area contributed by atoms with Crippen LogP contribution in [0.4, 0.5) is 4.39 Å². The van der Waals surface area contributed by atoms with E-state index in [0.29, 0.717) is 53.1 Å². The molecule has 0 atom stereocenters. The van der Waals surface area contributed by atoms with Crippen molar-refractivity contribution in [1.82, 2.24) is 14.7 Å². The number of nitrogens with zero attached hydrogens (tertiary/aromatic N) is 3. The van der Waals surface area contributed by atoms with Crippen LogP contribution < -0.4 is 5.56 Å². The maximum atomic E-state index is 13.5. The van der Waals surface area contributed by atoms with Gasteiger partial charge in [-0.05, 0) is 61.4 Å². The topological polar surface area (TPSA) is 98.2 Å². The number of carboxylic acids is 1. The summed E-state index contributed by atoms with van der Waals surface area (Å²) in [7, 11) is 0. The van der Waals surface area contributed by atoms with Gasteiger partial charge >= 0.3 is 5.97 Å². The minimum Gasteiger partial charge on any atom is -0.481 e. The summed E-state index contributed by atoms with van der Waals surface area (Å²) >= 11 is 3.42. The maximum absolute atomic E-state index is 13.5. The van der Waals surface area contributed by atoms with E-state index in [9.17, 15) is 14.0 Å². The second kappa shape index (κ2) is 10.5. The minimum atomic E-state index is -0.873. The number of halogens is 2. The molecule has 5 rings (SSSR count). The fraction of sp³-hybridized carbons (Fsp3) is 0.143. The van der Waals surface area contributed by atoms with Crippen molar-refractivity contribution in [1.29, 1.82) is 0 Å². The van der Waals surface area contributed by atoms with Gasteiger partial charge in [-0.25, -0.2) is 9.37 Å². The van der Waals surface area contributed by atoms with E-state index < -0.39 is 11.8 Å². The molecule has 0 aliphatic carbocycles. The average molecular weight is 562 g/mol. The third-order valence-corrected chi connectivity index (χ3v) is 6.53. The highest BCUT2D eigenvalue weighted by Gasteiger charge is 2.16. The zero-order chi connectivity index (χ0) is 25.9. The van der Waals surface area contributed by atoms with Crippen molar-refractivity contribution in [2.45, 2.75) is 25.7 Å². The Morgan fingerprint density at radius 3 is 2.43 bits per heavy atom. The van der Waals surface area contributed by atoms with Gasteiger partial charge in [0.05, 0.1) is 16.6 Å². The zero-order valence-corrected chi connectivity index (χ0v) is 21.1. The summed E-state index contributed by atoms with van der Waals surface area (Å²) in [6.45, 7) is 0. The van der Waals surface area contributed by atoms with Gasteiger partial charge in [0.2, 0.25) is 0 Å². The number of hydrogen-bond donors (Lipinski definition) is 1. The monoisotopic (exact) mass is 561 g/mol. The van der Waals surface area contributed by atoms with Crippen molar-refractivity contribution in [2.75, 3.05) is 0 Å². The molecule has 0 bridgehead atoms. The second-order valence-corrected chi connectivity index (χ2v) is 9.48. The Bertz CT molecular complexity index is 1640. The molecule has 9 heteroatoms. The molecule has 0 spiro atoms. The summed E-state index contributed by atoms with van der Waals surface area (Å²) in [5, 5.41) is 13.6. The van der Waals surface area contributed by atoms with Gasteiger partial charge in [0.1, 0.15) is 17.3 Å². The van der Waals surface area contributed by atoms with Gasteiger partial charge in [0.15, 0.2) is 5.76 Å². The lowest BCUT2D eigenvalue weighted by Gasteiger charge is -2.14. The van der Waals surface area contributed by atoms with Gasteiger partial charge in [-0.1, -0.05) is 39.3 Å². The quantitative estimate of drug-likeness (QED) is 0.220. The van der Waals surface area contributed by atoms with Gasteiger partial charge in [-0.15, -0.1) is 0 Å². The molecule has 0 fully saturated rings. The van der Waals surface area contributed by atoms with E-state index in [-0.39, 0.29) is 12.0 Å². The Balaban J connectivity index is 1.55. The Labute approximate surface area is 219 Å². The van der Waals surface area contributed by atoms with E-state index in [0.717, 1.165) is 15.6 Å². The van der Waals surface area contributed by atoms with Crippen LogP contribution in [0.1, 0.15) is 25.1 Å². The van der Waals surface area contributed by atoms with E-state index in [1.165, 1.54) is 28.8 Å². The predicted molar refractivity (Wildman–Crippen MR) is 141 cm³/mol. The number of fused-ring (bicyclic) bond motifs is 1. The fourth-order valence-electron chi connectivity index (χ4n) is 4.14. The van der Waals surface area contributed by atoms with Crippen LogP contribution >= 0.6 is 15.9 Å². The van der Waals surface area contributed by atoms with Crippen LogP contribution in [0.15, 0.2) is 86.6 Å². The van der Waals surface area contributed by atoms with Crippen molar-refractivity contribution >= 4 is 32.8 Å². The number of aryl methyl sites for hydroxylation is 1. The molecular formula is C28H21BrFN3O4. The lowest BCUT2D eigenvalue weighted by Crippen LogP contribution is -2.24. The molecule has 1 N–H and O–H groups in total. The number of carbonyl (C=O) groups is 1. The van der Waals surface area contributed by atoms with E-state index in [1.54, 1.807) is 18.2 Å². The summed E-state index contributed by atoms with van der Waals surface area (Å²) in [4.78, 5) is 29.2. The number of carboxylic acid groups (broad SMARTS) is 1. The number of hydrogen-bond acceptors (Lipinski definition) is 5. The molecule has 2 heterocycles. The van der Waals surface area contributed by atoms with E-state index in [2.05, 4.69) is 21.1 Å². The van der Waals surface area contributed by atoms with Gasteiger partial charge in [0.25, 0.3) is 5.56 Å². The normalized spacial score (nSPS) is 11.2. The SMILES string of the molecule is O=C(O)CCCCc1nc2cc(-c3cc(-c4ccc(Br)cc4)on3)ccc2c(=O)n1-c1ccc(F)cc1. The van der Waals surface area contributed by atoms with Crippen LogP contribution in [0.25, 0.3) is 39.2 Å². The first kappa shape index (κ1) is 24.6. The van der Waals surface area contributed by atoms with Crippen LogP contribution in [-0.2, 0) is 11.2 Å². The molecule has 2 aromatic heterocycles. The lowest BCUT2D eigenvalue weighted by molar-refractivity contribution is -0.137. The van der Waals surface area contributed by atoms with Crippen molar-refractivity contribution in [3.8, 4) is 28.3 Å². The first-order valence-electron chi connectivity index (χ1n) is 11.7. The van der Waals surface area contributed by atoms with Crippen LogP contribution in [0.5, 0.6) is 0 Å². The van der Waals surface area contributed by atoms with Crippen molar-refractivity contribution in [2.24, 2.45) is 0 Å². The lowest BCUT2D eigenvalue weighted by atomic mass is 10.1. The minimum absolute atomic E-state index is 0.0331. The highest BCUT2D eigenvalue weighted by molar-refractivity contribution is 9.10. The molecule has 0 aliphatic rings. The predicted octanol–water partition coefficient (Wildman–Crippen LogP) is 6.41. The summed E-state index contributed by atoms with van der Waals surface area (Å²) in [6, 6.07) is 20.4. The van der Waals surface area contributed by atoms with Crippen LogP contribution in [0.2, 0.25) is 0 Å². The van der Waals surface area contributed by atoms with Crippen molar-refractivity contribution in [3.05, 3.63) is 99.3 Å². The van der Waals surface area contributed by atoms with Gasteiger partial charge in [-0.3, -0.25) is 14.2 Å². The highest BCUT2D eigenvalue weighted by atomic mass is 79.9. The third kappa shape index (κ3) is 5.36. The Kier molecular flexibility index (Phi) is 6.96. The molecular weight excluding hydrogens is 541 g/mol. The molecule has 0 amide bonds. The van der Waals surface area contributed by atoms with Crippen molar-refractivity contribution < 1.29 is 18.8 Å². The van der Waals surface area contributed by atoms with E-state index in [4.69, 9.17) is 14.6 Å². The third-order valence-electron chi connectivity index (χ3n) is 6.00. The fourth-order valence-corrected chi connectivity index (χ4v) is 4.40. The molecule has 37 heavy (non-hydrogen) atoms. The summed E-state index contributed by atoms with van der Waals surface area (Å²) in [5.41, 5.74) is 2.92. The van der Waals surface area contributed by atoms with Gasteiger partial charge in [0, 0.05) is 34.5 Å². The molecule has 5 aromatic rings. The molecule has 0 aliphatic heterocycles. The van der Waals surface area contributed by atoms with Gasteiger partial charge in [-0.2, -0.15) is 0 Å². The summed E-state index contributed by atoms with van der Waals surface area (Å²) in [6.07, 6.45) is 1.40. The molecule has 186 valence electrons. The smallest absolute Gasteiger partial charge is 0.303 e.